The van der Waals surface area contributed by atoms with E-state index >= 15 is 0 Å². The van der Waals surface area contributed by atoms with Gasteiger partial charge >= 0.3 is 0 Å². The first kappa shape index (κ1) is 18.5. The molecule has 0 radical (unpaired) electrons. The van der Waals surface area contributed by atoms with E-state index in [0.29, 0.717) is 0 Å². The lowest BCUT2D eigenvalue weighted by atomic mass is 9.64. The van der Waals surface area contributed by atoms with Crippen LogP contribution in [-0.4, -0.2) is 5.60 Å². The van der Waals surface area contributed by atoms with Gasteiger partial charge in [0.15, 0.2) is 0 Å². The van der Waals surface area contributed by atoms with Crippen LogP contribution in [-0.2, 0) is 4.74 Å². The van der Waals surface area contributed by atoms with E-state index in [1.54, 1.807) is 0 Å². The second-order valence-corrected chi connectivity index (χ2v) is 6.08. The van der Waals surface area contributed by atoms with Crippen molar-refractivity contribution in [1.82, 2.24) is 0 Å². The molecule has 0 saturated heterocycles. The second kappa shape index (κ2) is 7.97. The first-order valence-corrected chi connectivity index (χ1v) is 8.28. The molecule has 0 N–H and O–H groups in total. The summed E-state index contributed by atoms with van der Waals surface area (Å²) in [6, 6.07) is 0. The van der Waals surface area contributed by atoms with E-state index in [0.717, 1.165) is 17.8 Å². The summed E-state index contributed by atoms with van der Waals surface area (Å²) < 4.78 is 6.07. The van der Waals surface area contributed by atoms with Crippen LogP contribution in [0, 0.1) is 17.8 Å². The van der Waals surface area contributed by atoms with Crippen molar-refractivity contribution in [2.24, 2.45) is 17.8 Å². The molecule has 0 aromatic rings. The Hall–Kier alpha value is -0.460. The summed E-state index contributed by atoms with van der Waals surface area (Å²) in [4.78, 5) is 0. The van der Waals surface area contributed by atoms with E-state index in [2.05, 4.69) is 34.6 Å². The van der Waals surface area contributed by atoms with Crippen molar-refractivity contribution in [2.45, 2.75) is 87.2 Å². The molecule has 1 saturated carbocycles. The third-order valence-corrected chi connectivity index (χ3v) is 4.53. The van der Waals surface area contributed by atoms with Crippen molar-refractivity contribution in [3.63, 3.8) is 0 Å². The van der Waals surface area contributed by atoms with Crippen LogP contribution < -0.4 is 0 Å². The Bertz CT molecular complexity index is 288. The second-order valence-electron chi connectivity index (χ2n) is 6.08. The van der Waals surface area contributed by atoms with Crippen LogP contribution in [0.25, 0.3) is 0 Å². The van der Waals surface area contributed by atoms with E-state index in [1.165, 1.54) is 30.6 Å². The van der Waals surface area contributed by atoms with Crippen LogP contribution in [0.1, 0.15) is 81.6 Å². The molecular weight excluding hydrogens is 232 g/mol. The summed E-state index contributed by atoms with van der Waals surface area (Å²) in [5.41, 5.74) is 1.56. The Balaban J connectivity index is 0.000000741. The van der Waals surface area contributed by atoms with E-state index in [9.17, 15) is 0 Å². The SMILES string of the molecule is CC.CC.CC1=C(C)[C@@H]2C[C@H](C)CC[C@H]2C(C)(C)O1. The normalized spacial score (nSPS) is 31.9. The highest BCUT2D eigenvalue weighted by molar-refractivity contribution is 5.17. The quantitative estimate of drug-likeness (QED) is 0.508. The molecule has 1 aliphatic carbocycles. The zero-order valence-electron chi connectivity index (χ0n) is 14.8. The lowest BCUT2D eigenvalue weighted by Gasteiger charge is -2.48. The largest absolute Gasteiger partial charge is 0.492 e. The molecule has 0 aromatic carbocycles. The highest BCUT2D eigenvalue weighted by atomic mass is 16.5. The number of hydrogen-bond acceptors (Lipinski definition) is 1. The van der Waals surface area contributed by atoms with Gasteiger partial charge in [0.05, 0.1) is 5.76 Å². The van der Waals surface area contributed by atoms with Crippen LogP contribution in [0.3, 0.4) is 0 Å². The molecule has 1 aliphatic heterocycles. The Morgan fingerprint density at radius 2 is 1.53 bits per heavy atom. The summed E-state index contributed by atoms with van der Waals surface area (Å²) in [6.07, 6.45) is 4.07. The number of allylic oxidation sites excluding steroid dienone is 2. The molecular formula is C18H36O. The highest BCUT2D eigenvalue weighted by Gasteiger charge is 2.44. The Labute approximate surface area is 121 Å². The molecule has 1 nitrogen and oxygen atoms in total. The third kappa shape index (κ3) is 4.26. The van der Waals surface area contributed by atoms with Gasteiger partial charge in [0, 0.05) is 5.92 Å². The van der Waals surface area contributed by atoms with Gasteiger partial charge in [-0.05, 0) is 57.9 Å². The van der Waals surface area contributed by atoms with Gasteiger partial charge in [-0.3, -0.25) is 0 Å². The Morgan fingerprint density at radius 3 is 2.05 bits per heavy atom. The summed E-state index contributed by atoms with van der Waals surface area (Å²) >= 11 is 0. The minimum Gasteiger partial charge on any atom is -0.492 e. The van der Waals surface area contributed by atoms with Gasteiger partial charge in [-0.25, -0.2) is 0 Å². The standard InChI is InChI=1S/C14H24O.2C2H6/c1-9-6-7-13-12(8-9)10(2)11(3)15-14(13,4)5;2*1-2/h9,12-13H,6-8H2,1-5H3;2*1-2H3/t9-,12+,13-;;/m1../s1. The van der Waals surface area contributed by atoms with E-state index in [4.69, 9.17) is 4.74 Å². The van der Waals surface area contributed by atoms with Crippen molar-refractivity contribution in [1.29, 1.82) is 0 Å². The summed E-state index contributed by atoms with van der Waals surface area (Å²) in [5.74, 6) is 3.58. The molecule has 114 valence electrons. The number of rotatable bonds is 0. The topological polar surface area (TPSA) is 9.23 Å². The maximum Gasteiger partial charge on any atom is 0.106 e. The fourth-order valence-electron chi connectivity index (χ4n) is 3.50. The molecule has 2 aliphatic rings. The first-order chi connectivity index (χ1) is 8.92. The van der Waals surface area contributed by atoms with E-state index in [-0.39, 0.29) is 5.60 Å². The van der Waals surface area contributed by atoms with Crippen molar-refractivity contribution in [3.8, 4) is 0 Å². The minimum absolute atomic E-state index is 0.0500. The van der Waals surface area contributed by atoms with Crippen LogP contribution in [0.4, 0.5) is 0 Å². The molecule has 0 spiro atoms. The van der Waals surface area contributed by atoms with Gasteiger partial charge in [-0.15, -0.1) is 0 Å². The van der Waals surface area contributed by atoms with Gasteiger partial charge in [-0.2, -0.15) is 0 Å². The smallest absolute Gasteiger partial charge is 0.106 e. The molecule has 1 heteroatoms. The fraction of sp³-hybridized carbons (Fsp3) is 0.889. The van der Waals surface area contributed by atoms with Crippen LogP contribution >= 0.6 is 0 Å². The fourth-order valence-corrected chi connectivity index (χ4v) is 3.50. The zero-order valence-corrected chi connectivity index (χ0v) is 14.8. The maximum absolute atomic E-state index is 6.07. The van der Waals surface area contributed by atoms with Crippen LogP contribution in [0.5, 0.6) is 0 Å². The first-order valence-electron chi connectivity index (χ1n) is 8.28. The van der Waals surface area contributed by atoms with Crippen molar-refractivity contribution in [2.75, 3.05) is 0 Å². The lowest BCUT2D eigenvalue weighted by molar-refractivity contribution is -0.0725. The van der Waals surface area contributed by atoms with Crippen LogP contribution in [0.2, 0.25) is 0 Å². The van der Waals surface area contributed by atoms with Crippen molar-refractivity contribution in [3.05, 3.63) is 11.3 Å². The molecule has 0 amide bonds. The summed E-state index contributed by atoms with van der Waals surface area (Å²) in [5, 5.41) is 0. The minimum atomic E-state index is 0.0500. The molecule has 2 rings (SSSR count). The number of fused-ring (bicyclic) bond motifs is 1. The Morgan fingerprint density at radius 1 is 1.00 bits per heavy atom. The van der Waals surface area contributed by atoms with Crippen molar-refractivity contribution >= 4 is 0 Å². The summed E-state index contributed by atoms with van der Waals surface area (Å²) in [7, 11) is 0. The molecule has 1 heterocycles. The maximum atomic E-state index is 6.07. The van der Waals surface area contributed by atoms with E-state index in [1.807, 2.05) is 27.7 Å². The molecule has 0 bridgehead atoms. The number of ether oxygens (including phenoxy) is 1. The number of hydrogen-bond donors (Lipinski definition) is 0. The predicted octanol–water partition coefficient (Wildman–Crippen LogP) is 6.19. The average molecular weight is 268 g/mol. The molecule has 0 aromatic heterocycles. The zero-order chi connectivity index (χ0) is 15.2. The molecule has 0 unspecified atom stereocenters. The predicted molar refractivity (Wildman–Crippen MR) is 86.2 cm³/mol. The van der Waals surface area contributed by atoms with Gasteiger partial charge in [-0.1, -0.05) is 41.0 Å². The monoisotopic (exact) mass is 268 g/mol. The van der Waals surface area contributed by atoms with E-state index < -0.39 is 0 Å². The van der Waals surface area contributed by atoms with Gasteiger partial charge < -0.3 is 4.74 Å². The summed E-state index contributed by atoms with van der Waals surface area (Å²) in [6.45, 7) is 19.3. The Kier molecular flexibility index (Phi) is 7.78. The molecule has 1 fully saturated rings. The lowest BCUT2D eigenvalue weighted by Crippen LogP contribution is -2.45. The van der Waals surface area contributed by atoms with Gasteiger partial charge in [0.25, 0.3) is 0 Å². The van der Waals surface area contributed by atoms with Crippen LogP contribution in [0.15, 0.2) is 11.3 Å². The highest BCUT2D eigenvalue weighted by Crippen LogP contribution is 2.48. The molecule has 3 atom stereocenters. The van der Waals surface area contributed by atoms with Gasteiger partial charge in [0.1, 0.15) is 5.60 Å². The third-order valence-electron chi connectivity index (χ3n) is 4.53. The average Bonchev–Trinajstić information content (AvgIpc) is 2.40. The van der Waals surface area contributed by atoms with Crippen molar-refractivity contribution < 1.29 is 4.74 Å². The van der Waals surface area contributed by atoms with Gasteiger partial charge in [0.2, 0.25) is 0 Å². The molecule has 19 heavy (non-hydrogen) atoms.